The van der Waals surface area contributed by atoms with Gasteiger partial charge in [-0.3, -0.25) is 0 Å². The number of benzene rings is 2. The molecule has 1 fully saturated rings. The number of likely N-dealkylation sites (N-methyl/N-ethyl adjacent to an activating group) is 1. The van der Waals surface area contributed by atoms with Gasteiger partial charge in [-0.25, -0.2) is 8.42 Å². The molecule has 1 saturated heterocycles. The van der Waals surface area contributed by atoms with E-state index in [1.807, 2.05) is 25.1 Å². The first-order valence-corrected chi connectivity index (χ1v) is 12.4. The molecular formula is C23H28N4O3S. The van der Waals surface area contributed by atoms with Gasteiger partial charge in [-0.15, -0.1) is 10.2 Å². The predicted molar refractivity (Wildman–Crippen MR) is 123 cm³/mol. The Bertz CT molecular complexity index is 1230. The summed E-state index contributed by atoms with van der Waals surface area (Å²) in [7, 11) is -3.41. The first-order valence-electron chi connectivity index (χ1n) is 10.6. The van der Waals surface area contributed by atoms with Crippen molar-refractivity contribution >= 4 is 26.4 Å². The minimum atomic E-state index is -3.41. The van der Waals surface area contributed by atoms with Crippen LogP contribution in [0.1, 0.15) is 25.3 Å². The van der Waals surface area contributed by atoms with Crippen LogP contribution in [0.3, 0.4) is 0 Å². The number of sulfone groups is 1. The number of nitrogens with one attached hydrogen (secondary N) is 1. The lowest BCUT2D eigenvalue weighted by molar-refractivity contribution is 0.226. The number of anilines is 1. The van der Waals surface area contributed by atoms with Crippen molar-refractivity contribution in [1.82, 2.24) is 15.1 Å². The average Bonchev–Trinajstić information content (AvgIpc) is 2.73. The zero-order valence-electron chi connectivity index (χ0n) is 18.1. The molecule has 3 aromatic rings. The van der Waals surface area contributed by atoms with Gasteiger partial charge in [-0.05, 0) is 57.1 Å². The monoisotopic (exact) mass is 440 g/mol. The van der Waals surface area contributed by atoms with Crippen LogP contribution < -0.4 is 5.32 Å². The van der Waals surface area contributed by atoms with Crippen LogP contribution in [0.15, 0.2) is 41.3 Å². The number of aryl methyl sites for hydroxylation is 1. The second kappa shape index (κ2) is 8.43. The van der Waals surface area contributed by atoms with E-state index in [9.17, 15) is 13.5 Å². The molecule has 1 aliphatic heterocycles. The number of aromatic nitrogens is 2. The molecule has 0 aliphatic carbocycles. The number of phenols is 1. The zero-order chi connectivity index (χ0) is 22.2. The molecule has 7 nitrogen and oxygen atoms in total. The fraction of sp³-hybridized carbons (Fsp3) is 0.391. The molecule has 2 aromatic carbocycles. The number of rotatable bonds is 5. The maximum absolute atomic E-state index is 11.8. The summed E-state index contributed by atoms with van der Waals surface area (Å²) in [5.41, 5.74) is 2.05. The van der Waals surface area contributed by atoms with Gasteiger partial charge in [0.05, 0.1) is 4.90 Å². The van der Waals surface area contributed by atoms with Gasteiger partial charge in [0, 0.05) is 35.2 Å². The van der Waals surface area contributed by atoms with Gasteiger partial charge in [0.1, 0.15) is 11.4 Å². The summed E-state index contributed by atoms with van der Waals surface area (Å²) in [5.74, 6) is 0.598. The van der Waals surface area contributed by atoms with Gasteiger partial charge in [0.25, 0.3) is 0 Å². The van der Waals surface area contributed by atoms with Crippen molar-refractivity contribution in [3.63, 3.8) is 0 Å². The third-order valence-electron chi connectivity index (χ3n) is 5.88. The van der Waals surface area contributed by atoms with Crippen LogP contribution in [-0.4, -0.2) is 60.6 Å². The number of hydrogen-bond donors (Lipinski definition) is 2. The molecule has 0 bridgehead atoms. The van der Waals surface area contributed by atoms with Crippen molar-refractivity contribution in [2.24, 2.45) is 0 Å². The summed E-state index contributed by atoms with van der Waals surface area (Å²) in [6, 6.07) is 10.7. The molecule has 8 heteroatoms. The van der Waals surface area contributed by atoms with E-state index < -0.39 is 9.84 Å². The highest BCUT2D eigenvalue weighted by Crippen LogP contribution is 2.36. The molecule has 0 spiro atoms. The third-order valence-corrected chi connectivity index (χ3v) is 6.99. The first kappa shape index (κ1) is 21.5. The van der Waals surface area contributed by atoms with Gasteiger partial charge in [-0.1, -0.05) is 24.6 Å². The molecule has 0 unspecified atom stereocenters. The zero-order valence-corrected chi connectivity index (χ0v) is 18.9. The number of phenolic OH excluding ortho intramolecular Hbond substituents is 1. The Labute approximate surface area is 183 Å². The second-order valence-corrected chi connectivity index (χ2v) is 10.3. The Hall–Kier alpha value is -2.71. The van der Waals surface area contributed by atoms with Crippen LogP contribution in [0.25, 0.3) is 22.0 Å². The number of aromatic hydroxyl groups is 1. The van der Waals surface area contributed by atoms with Crippen LogP contribution in [0, 0.1) is 6.92 Å². The van der Waals surface area contributed by atoms with Crippen LogP contribution in [-0.2, 0) is 9.84 Å². The fourth-order valence-electron chi connectivity index (χ4n) is 4.17. The van der Waals surface area contributed by atoms with E-state index >= 15 is 0 Å². The number of hydrogen-bond acceptors (Lipinski definition) is 7. The lowest BCUT2D eigenvalue weighted by Crippen LogP contribution is -2.42. The number of likely N-dealkylation sites (tertiary alicyclic amines) is 1. The van der Waals surface area contributed by atoms with E-state index in [1.165, 1.54) is 12.1 Å². The van der Waals surface area contributed by atoms with E-state index in [1.54, 1.807) is 6.07 Å². The molecule has 31 heavy (non-hydrogen) atoms. The molecular weight excluding hydrogens is 412 g/mol. The minimum absolute atomic E-state index is 0.0678. The van der Waals surface area contributed by atoms with E-state index in [-0.39, 0.29) is 10.6 Å². The maximum atomic E-state index is 11.8. The van der Waals surface area contributed by atoms with Crippen molar-refractivity contribution in [1.29, 1.82) is 0 Å². The van der Waals surface area contributed by atoms with E-state index in [0.29, 0.717) is 17.3 Å². The van der Waals surface area contributed by atoms with Crippen LogP contribution in [0.4, 0.5) is 5.82 Å². The van der Waals surface area contributed by atoms with Gasteiger partial charge in [-0.2, -0.15) is 0 Å². The lowest BCUT2D eigenvalue weighted by Gasteiger charge is -2.32. The molecule has 1 atom stereocenters. The van der Waals surface area contributed by atoms with Crippen molar-refractivity contribution in [2.45, 2.75) is 37.6 Å². The highest BCUT2D eigenvalue weighted by Gasteiger charge is 2.21. The quantitative estimate of drug-likeness (QED) is 0.626. The second-order valence-electron chi connectivity index (χ2n) is 8.27. The molecule has 0 radical (unpaired) electrons. The van der Waals surface area contributed by atoms with Crippen LogP contribution in [0.2, 0.25) is 0 Å². The summed E-state index contributed by atoms with van der Waals surface area (Å²) in [4.78, 5) is 2.50. The van der Waals surface area contributed by atoms with Crippen molar-refractivity contribution < 1.29 is 13.5 Å². The summed E-state index contributed by atoms with van der Waals surface area (Å²) in [6.45, 7) is 7.31. The van der Waals surface area contributed by atoms with Gasteiger partial charge < -0.3 is 15.3 Å². The smallest absolute Gasteiger partial charge is 0.175 e. The van der Waals surface area contributed by atoms with Gasteiger partial charge >= 0.3 is 0 Å². The predicted octanol–water partition coefficient (Wildman–Crippen LogP) is 3.61. The molecule has 1 aromatic heterocycles. The Morgan fingerprint density at radius 2 is 1.97 bits per heavy atom. The first-order chi connectivity index (χ1) is 14.8. The largest absolute Gasteiger partial charge is 0.507 e. The molecule has 4 rings (SSSR count). The standard InChI is InChI=1S/C23H28N4O3S/c1-4-27-11-5-6-16(14-27)24-23-18-9-7-15(2)12-20(18)22(25-26-23)19-10-8-17(13-21(19)28)31(3,29)30/h7-10,12-13,16,28H,4-6,11,14H2,1-3H3,(H,24,26)/t16-/m0/s1. The maximum Gasteiger partial charge on any atom is 0.175 e. The average molecular weight is 441 g/mol. The molecule has 2 N–H and O–H groups in total. The molecule has 164 valence electrons. The summed E-state index contributed by atoms with van der Waals surface area (Å²) < 4.78 is 23.6. The Balaban J connectivity index is 1.77. The molecule has 0 amide bonds. The minimum Gasteiger partial charge on any atom is -0.507 e. The van der Waals surface area contributed by atoms with Gasteiger partial charge in [0.2, 0.25) is 0 Å². The summed E-state index contributed by atoms with van der Waals surface area (Å²) >= 11 is 0. The van der Waals surface area contributed by atoms with Crippen LogP contribution >= 0.6 is 0 Å². The molecule has 1 aliphatic rings. The van der Waals surface area contributed by atoms with Crippen LogP contribution in [0.5, 0.6) is 5.75 Å². The number of nitrogens with zero attached hydrogens (tertiary/aromatic N) is 3. The van der Waals surface area contributed by atoms with E-state index in [2.05, 4.69) is 27.3 Å². The SMILES string of the molecule is CCN1CCC[C@H](Nc2nnc(-c3ccc(S(C)(=O)=O)cc3O)c3cc(C)ccc23)C1. The molecule has 2 heterocycles. The fourth-order valence-corrected chi connectivity index (χ4v) is 4.81. The Morgan fingerprint density at radius 3 is 2.68 bits per heavy atom. The van der Waals surface area contributed by atoms with E-state index in [0.717, 1.165) is 60.9 Å². The lowest BCUT2D eigenvalue weighted by atomic mass is 10.0. The number of piperidine rings is 1. The Kier molecular flexibility index (Phi) is 5.85. The van der Waals surface area contributed by atoms with Gasteiger partial charge in [0.15, 0.2) is 15.7 Å². The van der Waals surface area contributed by atoms with Crippen molar-refractivity contribution in [3.8, 4) is 17.0 Å². The highest BCUT2D eigenvalue weighted by molar-refractivity contribution is 7.90. The van der Waals surface area contributed by atoms with E-state index in [4.69, 9.17) is 0 Å². The third kappa shape index (κ3) is 4.50. The number of fused-ring (bicyclic) bond motifs is 1. The van der Waals surface area contributed by atoms with Crippen molar-refractivity contribution in [2.75, 3.05) is 31.2 Å². The topological polar surface area (TPSA) is 95.4 Å². The molecule has 0 saturated carbocycles. The highest BCUT2D eigenvalue weighted by atomic mass is 32.2. The Morgan fingerprint density at radius 1 is 1.16 bits per heavy atom. The summed E-state index contributed by atoms with van der Waals surface area (Å²) in [5, 5.41) is 24.8. The van der Waals surface area contributed by atoms with Crippen molar-refractivity contribution in [3.05, 3.63) is 42.0 Å². The summed E-state index contributed by atoms with van der Waals surface area (Å²) in [6.07, 6.45) is 3.35. The normalized spacial score (nSPS) is 17.7.